The van der Waals surface area contributed by atoms with E-state index in [-0.39, 0.29) is 17.5 Å². The highest BCUT2D eigenvalue weighted by molar-refractivity contribution is 7.14. The number of rotatable bonds is 6. The zero-order chi connectivity index (χ0) is 21.1. The van der Waals surface area contributed by atoms with Gasteiger partial charge in [-0.2, -0.15) is 0 Å². The van der Waals surface area contributed by atoms with Gasteiger partial charge in [0, 0.05) is 30.5 Å². The maximum atomic E-state index is 14.2. The lowest BCUT2D eigenvalue weighted by Gasteiger charge is -2.34. The molecule has 0 atom stereocenters. The summed E-state index contributed by atoms with van der Waals surface area (Å²) < 4.78 is 14.2. The van der Waals surface area contributed by atoms with Crippen LogP contribution in [0.25, 0.3) is 6.08 Å². The van der Waals surface area contributed by atoms with Gasteiger partial charge in [0.05, 0.1) is 11.4 Å². The average Bonchev–Trinajstić information content (AvgIpc) is 3.46. The van der Waals surface area contributed by atoms with E-state index < -0.39 is 5.82 Å². The Bertz CT molecular complexity index is 947. The summed E-state index contributed by atoms with van der Waals surface area (Å²) >= 11 is 1.25. The van der Waals surface area contributed by atoms with Crippen molar-refractivity contribution in [2.45, 2.75) is 64.0 Å². The van der Waals surface area contributed by atoms with Crippen molar-refractivity contribution in [2.75, 3.05) is 4.90 Å². The first-order chi connectivity index (χ1) is 14.5. The first-order valence-corrected chi connectivity index (χ1v) is 11.4. The zero-order valence-electron chi connectivity index (χ0n) is 17.1. The summed E-state index contributed by atoms with van der Waals surface area (Å²) in [6.45, 7) is 1.38. The van der Waals surface area contributed by atoms with Crippen molar-refractivity contribution in [2.24, 2.45) is 0 Å². The second-order valence-corrected chi connectivity index (χ2v) is 8.80. The number of halogens is 1. The van der Waals surface area contributed by atoms with E-state index >= 15 is 0 Å². The normalized spacial score (nSPS) is 17.3. The number of hydrogen-bond acceptors (Lipinski definition) is 4. The molecule has 4 rings (SSSR count). The van der Waals surface area contributed by atoms with Gasteiger partial charge in [0.2, 0.25) is 11.8 Å². The standard InChI is InChI=1S/C23H26FN3O2S/c1-16(28)26(21-10-6-5-9-20(21)24)23-25-17(15-30-23)11-14-22(29)27(19-12-13-19)18-7-3-2-4-8-18/h5-6,9-11,14-15,18-19H,2-4,7-8,12-13H2,1H3/b14-11+. The third kappa shape index (κ3) is 4.61. The van der Waals surface area contributed by atoms with E-state index in [2.05, 4.69) is 9.88 Å². The fourth-order valence-electron chi connectivity index (χ4n) is 4.11. The maximum absolute atomic E-state index is 14.2. The highest BCUT2D eigenvalue weighted by atomic mass is 32.1. The Morgan fingerprint density at radius 2 is 1.80 bits per heavy atom. The molecule has 0 radical (unpaired) electrons. The number of thiazole rings is 1. The molecule has 0 saturated heterocycles. The average molecular weight is 428 g/mol. The molecule has 2 aliphatic carbocycles. The van der Waals surface area contributed by atoms with Crippen molar-refractivity contribution in [3.63, 3.8) is 0 Å². The monoisotopic (exact) mass is 427 g/mol. The zero-order valence-corrected chi connectivity index (χ0v) is 17.9. The molecular formula is C23H26FN3O2S. The molecule has 2 aromatic rings. The van der Waals surface area contributed by atoms with Crippen LogP contribution in [-0.4, -0.2) is 33.8 Å². The minimum atomic E-state index is -0.484. The summed E-state index contributed by atoms with van der Waals surface area (Å²) in [4.78, 5) is 32.9. The number of benzene rings is 1. The first-order valence-electron chi connectivity index (χ1n) is 10.6. The van der Waals surface area contributed by atoms with E-state index in [9.17, 15) is 14.0 Å². The van der Waals surface area contributed by atoms with Gasteiger partial charge in [0.15, 0.2) is 5.13 Å². The van der Waals surface area contributed by atoms with Crippen molar-refractivity contribution in [1.29, 1.82) is 0 Å². The molecule has 2 fully saturated rings. The van der Waals surface area contributed by atoms with Crippen LogP contribution in [0.3, 0.4) is 0 Å². The van der Waals surface area contributed by atoms with Crippen LogP contribution in [0, 0.1) is 5.82 Å². The molecule has 0 N–H and O–H groups in total. The van der Waals surface area contributed by atoms with E-state index in [1.54, 1.807) is 35.7 Å². The number of hydrogen-bond donors (Lipinski definition) is 0. The van der Waals surface area contributed by atoms with Gasteiger partial charge in [-0.15, -0.1) is 11.3 Å². The Labute approximate surface area is 180 Å². The molecule has 2 saturated carbocycles. The summed E-state index contributed by atoms with van der Waals surface area (Å²) in [5, 5.41) is 2.16. The van der Waals surface area contributed by atoms with Crippen molar-refractivity contribution in [3.8, 4) is 0 Å². The van der Waals surface area contributed by atoms with E-state index in [0.29, 0.717) is 22.9 Å². The third-order valence-corrected chi connectivity index (χ3v) is 6.51. The van der Waals surface area contributed by atoms with Crippen LogP contribution in [0.1, 0.15) is 57.6 Å². The summed E-state index contributed by atoms with van der Waals surface area (Å²) in [7, 11) is 0. The molecule has 158 valence electrons. The second kappa shape index (κ2) is 9.08. The molecular weight excluding hydrogens is 401 g/mol. The molecule has 0 unspecified atom stereocenters. The molecule has 2 aliphatic rings. The smallest absolute Gasteiger partial charge is 0.247 e. The number of aromatic nitrogens is 1. The van der Waals surface area contributed by atoms with Gasteiger partial charge in [0.1, 0.15) is 5.82 Å². The molecule has 0 bridgehead atoms. The summed E-state index contributed by atoms with van der Waals surface area (Å²) in [6.07, 6.45) is 11.3. The molecule has 1 aromatic heterocycles. The molecule has 1 heterocycles. The van der Waals surface area contributed by atoms with Crippen LogP contribution in [0.4, 0.5) is 15.2 Å². The van der Waals surface area contributed by atoms with Gasteiger partial charge in [-0.05, 0) is 43.9 Å². The lowest BCUT2D eigenvalue weighted by molar-refractivity contribution is -0.129. The number of para-hydroxylation sites is 1. The van der Waals surface area contributed by atoms with Crippen molar-refractivity contribution < 1.29 is 14.0 Å². The van der Waals surface area contributed by atoms with Gasteiger partial charge in [0.25, 0.3) is 0 Å². The van der Waals surface area contributed by atoms with E-state index in [0.717, 1.165) is 25.7 Å². The number of carbonyl (C=O) groups excluding carboxylic acids is 2. The third-order valence-electron chi connectivity index (χ3n) is 5.67. The van der Waals surface area contributed by atoms with Crippen LogP contribution in [0.5, 0.6) is 0 Å². The Kier molecular flexibility index (Phi) is 6.27. The highest BCUT2D eigenvalue weighted by Crippen LogP contribution is 2.34. The minimum absolute atomic E-state index is 0.0384. The Hall–Kier alpha value is -2.54. The fraction of sp³-hybridized carbons (Fsp3) is 0.435. The van der Waals surface area contributed by atoms with Crippen molar-refractivity contribution in [1.82, 2.24) is 9.88 Å². The van der Waals surface area contributed by atoms with Gasteiger partial charge < -0.3 is 4.90 Å². The van der Waals surface area contributed by atoms with Gasteiger partial charge >= 0.3 is 0 Å². The van der Waals surface area contributed by atoms with Crippen LogP contribution in [0.15, 0.2) is 35.7 Å². The molecule has 30 heavy (non-hydrogen) atoms. The Morgan fingerprint density at radius 3 is 2.47 bits per heavy atom. The molecule has 5 nitrogen and oxygen atoms in total. The van der Waals surface area contributed by atoms with Crippen LogP contribution in [0.2, 0.25) is 0 Å². The fourth-order valence-corrected chi connectivity index (χ4v) is 4.96. The lowest BCUT2D eigenvalue weighted by atomic mass is 9.94. The second-order valence-electron chi connectivity index (χ2n) is 7.96. The lowest BCUT2D eigenvalue weighted by Crippen LogP contribution is -2.42. The highest BCUT2D eigenvalue weighted by Gasteiger charge is 2.36. The minimum Gasteiger partial charge on any atom is -0.333 e. The SMILES string of the molecule is CC(=O)N(c1nc(/C=C/C(=O)N(C2CCCCC2)C2CC2)cs1)c1ccccc1F. The Balaban J connectivity index is 1.50. The van der Waals surface area contributed by atoms with Gasteiger partial charge in [-0.25, -0.2) is 9.37 Å². The largest absolute Gasteiger partial charge is 0.333 e. The van der Waals surface area contributed by atoms with E-state index in [4.69, 9.17) is 0 Å². The van der Waals surface area contributed by atoms with Gasteiger partial charge in [-0.1, -0.05) is 31.4 Å². The molecule has 0 aliphatic heterocycles. The van der Waals surface area contributed by atoms with Crippen LogP contribution < -0.4 is 4.90 Å². The predicted molar refractivity (Wildman–Crippen MR) is 117 cm³/mol. The first kappa shape index (κ1) is 20.7. The number of anilines is 2. The molecule has 7 heteroatoms. The molecule has 2 amide bonds. The van der Waals surface area contributed by atoms with E-state index in [1.807, 2.05) is 0 Å². The number of carbonyl (C=O) groups is 2. The number of nitrogens with zero attached hydrogens (tertiary/aromatic N) is 3. The number of amides is 2. The van der Waals surface area contributed by atoms with E-state index in [1.165, 1.54) is 48.5 Å². The topological polar surface area (TPSA) is 53.5 Å². The predicted octanol–water partition coefficient (Wildman–Crippen LogP) is 5.30. The summed E-state index contributed by atoms with van der Waals surface area (Å²) in [5.74, 6) is -0.766. The maximum Gasteiger partial charge on any atom is 0.247 e. The summed E-state index contributed by atoms with van der Waals surface area (Å²) in [5.41, 5.74) is 0.758. The molecule has 1 aromatic carbocycles. The van der Waals surface area contributed by atoms with Crippen molar-refractivity contribution in [3.05, 3.63) is 47.2 Å². The Morgan fingerprint density at radius 1 is 1.10 bits per heavy atom. The quantitative estimate of drug-likeness (QED) is 0.588. The summed E-state index contributed by atoms with van der Waals surface area (Å²) in [6, 6.07) is 6.86. The van der Waals surface area contributed by atoms with Crippen molar-refractivity contribution >= 4 is 40.0 Å². The van der Waals surface area contributed by atoms with Crippen LogP contribution >= 0.6 is 11.3 Å². The van der Waals surface area contributed by atoms with Gasteiger partial charge in [-0.3, -0.25) is 14.5 Å². The van der Waals surface area contributed by atoms with Crippen LogP contribution in [-0.2, 0) is 9.59 Å². The molecule has 0 spiro atoms.